The summed E-state index contributed by atoms with van der Waals surface area (Å²) < 4.78 is 5.84. The van der Waals surface area contributed by atoms with Gasteiger partial charge < -0.3 is 9.64 Å². The van der Waals surface area contributed by atoms with Crippen LogP contribution in [0.1, 0.15) is 29.5 Å². The number of methoxy groups -OCH3 is 1. The van der Waals surface area contributed by atoms with Gasteiger partial charge in [0.15, 0.2) is 0 Å². The Bertz CT molecular complexity index is 1410. The average molecular weight is 547 g/mol. The Labute approximate surface area is 243 Å². The molecule has 2 fully saturated rings. The summed E-state index contributed by atoms with van der Waals surface area (Å²) in [6, 6.07) is 32.9. The Morgan fingerprint density at radius 2 is 1.54 bits per heavy atom. The summed E-state index contributed by atoms with van der Waals surface area (Å²) in [6.45, 7) is 6.72. The summed E-state index contributed by atoms with van der Waals surface area (Å²) in [7, 11) is 1.75. The fourth-order valence-electron chi connectivity index (χ4n) is 6.75. The van der Waals surface area contributed by atoms with Crippen molar-refractivity contribution in [1.82, 2.24) is 19.7 Å². The van der Waals surface area contributed by atoms with Crippen molar-refractivity contribution in [3.8, 4) is 16.9 Å². The number of carbonyl (C=O) groups is 1. The number of pyridine rings is 1. The molecule has 41 heavy (non-hydrogen) atoms. The molecule has 6 nitrogen and oxygen atoms in total. The van der Waals surface area contributed by atoms with E-state index >= 15 is 0 Å². The summed E-state index contributed by atoms with van der Waals surface area (Å²) in [5.41, 5.74) is 6.13. The molecular weight excluding hydrogens is 508 g/mol. The number of rotatable bonds is 7. The van der Waals surface area contributed by atoms with Crippen molar-refractivity contribution in [2.24, 2.45) is 0 Å². The minimum absolute atomic E-state index is 0.160. The number of fused-ring (bicyclic) bond motifs is 1. The second-order valence-electron chi connectivity index (χ2n) is 11.2. The van der Waals surface area contributed by atoms with E-state index in [1.165, 1.54) is 16.7 Å². The molecule has 1 aromatic heterocycles. The lowest BCUT2D eigenvalue weighted by Crippen LogP contribution is -2.67. The zero-order valence-electron chi connectivity index (χ0n) is 23.9. The van der Waals surface area contributed by atoms with Crippen molar-refractivity contribution in [2.75, 3.05) is 39.8 Å². The van der Waals surface area contributed by atoms with Crippen LogP contribution < -0.4 is 4.74 Å². The molecule has 0 spiro atoms. The van der Waals surface area contributed by atoms with Crippen LogP contribution in [0.5, 0.6) is 5.75 Å². The normalized spacial score (nSPS) is 19.6. The lowest BCUT2D eigenvalue weighted by atomic mass is 9.81. The van der Waals surface area contributed by atoms with Gasteiger partial charge in [0.2, 0.25) is 5.91 Å². The number of piperazine rings is 2. The number of nitrogens with zero attached hydrogens (tertiary/aromatic N) is 4. The molecule has 4 aromatic rings. The first-order chi connectivity index (χ1) is 20.1. The molecule has 2 atom stereocenters. The van der Waals surface area contributed by atoms with Crippen molar-refractivity contribution >= 4 is 5.91 Å². The van der Waals surface area contributed by atoms with Gasteiger partial charge >= 0.3 is 0 Å². The molecule has 3 heterocycles. The quantitative estimate of drug-likeness (QED) is 0.315. The molecule has 0 unspecified atom stereocenters. The van der Waals surface area contributed by atoms with E-state index in [1.807, 2.05) is 29.4 Å². The number of benzene rings is 3. The van der Waals surface area contributed by atoms with E-state index in [9.17, 15) is 4.79 Å². The van der Waals surface area contributed by atoms with E-state index in [-0.39, 0.29) is 23.9 Å². The highest BCUT2D eigenvalue weighted by Gasteiger charge is 2.42. The smallest absolute Gasteiger partial charge is 0.219 e. The molecule has 1 amide bonds. The van der Waals surface area contributed by atoms with E-state index in [1.54, 1.807) is 14.0 Å². The standard InChI is InChI=1S/C35H38N4O2/c1-26(40)38-19-20-39-32(24-38)23-37(22-31-21-30(13-14-34(31)41-2)27-15-17-36-18-16-27)25-33(39)35(28-9-5-3-6-10-28)29-11-7-4-8-12-29/h3-18,21,32-33,35H,19-20,22-25H2,1-2H3/t32-,33+/m1/s1. The lowest BCUT2D eigenvalue weighted by Gasteiger charge is -2.53. The predicted molar refractivity (Wildman–Crippen MR) is 163 cm³/mol. The van der Waals surface area contributed by atoms with Crippen LogP contribution in [0, 0.1) is 0 Å². The largest absolute Gasteiger partial charge is 0.496 e. The van der Waals surface area contributed by atoms with Gasteiger partial charge in [0.25, 0.3) is 0 Å². The second-order valence-corrected chi connectivity index (χ2v) is 11.2. The predicted octanol–water partition coefficient (Wildman–Crippen LogP) is 5.31. The van der Waals surface area contributed by atoms with E-state index in [0.717, 1.165) is 56.1 Å². The number of amides is 1. The van der Waals surface area contributed by atoms with Crippen molar-refractivity contribution in [3.05, 3.63) is 120 Å². The molecule has 6 heteroatoms. The van der Waals surface area contributed by atoms with Gasteiger partial charge in [-0.2, -0.15) is 0 Å². The second kappa shape index (κ2) is 12.2. The highest BCUT2D eigenvalue weighted by Crippen LogP contribution is 2.37. The highest BCUT2D eigenvalue weighted by molar-refractivity contribution is 5.73. The summed E-state index contributed by atoms with van der Waals surface area (Å²) in [4.78, 5) is 23.9. The van der Waals surface area contributed by atoms with Gasteiger partial charge in [-0.05, 0) is 46.5 Å². The number of hydrogen-bond acceptors (Lipinski definition) is 5. The maximum atomic E-state index is 12.4. The van der Waals surface area contributed by atoms with Crippen LogP contribution >= 0.6 is 0 Å². The Kier molecular flexibility index (Phi) is 8.12. The molecule has 0 N–H and O–H groups in total. The maximum absolute atomic E-state index is 12.4. The van der Waals surface area contributed by atoms with Gasteiger partial charge in [-0.3, -0.25) is 19.6 Å². The van der Waals surface area contributed by atoms with E-state index < -0.39 is 0 Å². The first-order valence-corrected chi connectivity index (χ1v) is 14.5. The van der Waals surface area contributed by atoms with Crippen LogP contribution in [0.2, 0.25) is 0 Å². The third-order valence-corrected chi connectivity index (χ3v) is 8.70. The molecular formula is C35H38N4O2. The SMILES string of the molecule is COc1ccc(-c2ccncc2)cc1CN1C[C@@H]2CN(C(C)=O)CCN2[C@H](C(c2ccccc2)c2ccccc2)C1. The van der Waals surface area contributed by atoms with Gasteiger partial charge in [0.05, 0.1) is 7.11 Å². The molecule has 2 saturated heterocycles. The van der Waals surface area contributed by atoms with Gasteiger partial charge in [-0.25, -0.2) is 0 Å². The van der Waals surface area contributed by atoms with Crippen molar-refractivity contribution < 1.29 is 9.53 Å². The van der Waals surface area contributed by atoms with Crippen LogP contribution in [0.4, 0.5) is 0 Å². The summed E-state index contributed by atoms with van der Waals surface area (Å²) in [5.74, 6) is 1.28. The fraction of sp³-hybridized carbons (Fsp3) is 0.314. The summed E-state index contributed by atoms with van der Waals surface area (Å²) in [6.07, 6.45) is 3.67. The van der Waals surface area contributed by atoms with Gasteiger partial charge in [0.1, 0.15) is 5.75 Å². The fourth-order valence-corrected chi connectivity index (χ4v) is 6.75. The number of ether oxygens (including phenoxy) is 1. The molecule has 6 rings (SSSR count). The first kappa shape index (κ1) is 27.2. The third-order valence-electron chi connectivity index (χ3n) is 8.70. The molecule has 0 saturated carbocycles. The van der Waals surface area contributed by atoms with E-state index in [2.05, 4.69) is 93.6 Å². The number of hydrogen-bond donors (Lipinski definition) is 0. The molecule has 0 bridgehead atoms. The molecule has 2 aliphatic heterocycles. The molecule has 2 aliphatic rings. The third kappa shape index (κ3) is 5.90. The summed E-state index contributed by atoms with van der Waals surface area (Å²) >= 11 is 0. The summed E-state index contributed by atoms with van der Waals surface area (Å²) in [5, 5.41) is 0. The molecule has 3 aromatic carbocycles. The van der Waals surface area contributed by atoms with Crippen LogP contribution in [0.15, 0.2) is 103 Å². The average Bonchev–Trinajstić information content (AvgIpc) is 3.02. The molecule has 210 valence electrons. The minimum atomic E-state index is 0.160. The maximum Gasteiger partial charge on any atom is 0.219 e. The number of aromatic nitrogens is 1. The van der Waals surface area contributed by atoms with Crippen molar-refractivity contribution in [2.45, 2.75) is 31.5 Å². The van der Waals surface area contributed by atoms with Crippen LogP contribution in [0.3, 0.4) is 0 Å². The van der Waals surface area contributed by atoms with Crippen LogP contribution in [-0.2, 0) is 11.3 Å². The Hall–Kier alpha value is -4.00. The Morgan fingerprint density at radius 1 is 0.854 bits per heavy atom. The Balaban J connectivity index is 1.37. The van der Waals surface area contributed by atoms with E-state index in [4.69, 9.17) is 4.74 Å². The monoisotopic (exact) mass is 546 g/mol. The minimum Gasteiger partial charge on any atom is -0.496 e. The number of carbonyl (C=O) groups excluding carboxylic acids is 1. The van der Waals surface area contributed by atoms with Crippen molar-refractivity contribution in [3.63, 3.8) is 0 Å². The topological polar surface area (TPSA) is 48.9 Å². The van der Waals surface area contributed by atoms with E-state index in [0.29, 0.717) is 0 Å². The lowest BCUT2D eigenvalue weighted by molar-refractivity contribution is -0.134. The van der Waals surface area contributed by atoms with Gasteiger partial charge in [0, 0.05) is 82.2 Å². The molecule has 0 radical (unpaired) electrons. The highest BCUT2D eigenvalue weighted by atomic mass is 16.5. The van der Waals surface area contributed by atoms with Gasteiger partial charge in [-0.15, -0.1) is 0 Å². The van der Waals surface area contributed by atoms with Gasteiger partial charge in [-0.1, -0.05) is 66.7 Å². The van der Waals surface area contributed by atoms with Crippen LogP contribution in [0.25, 0.3) is 11.1 Å². The zero-order valence-corrected chi connectivity index (χ0v) is 23.9. The van der Waals surface area contributed by atoms with Crippen molar-refractivity contribution in [1.29, 1.82) is 0 Å². The van der Waals surface area contributed by atoms with Crippen LogP contribution in [-0.4, -0.2) is 77.5 Å². The Morgan fingerprint density at radius 3 is 2.17 bits per heavy atom. The molecule has 0 aliphatic carbocycles. The zero-order chi connectivity index (χ0) is 28.2. The first-order valence-electron chi connectivity index (χ1n) is 14.5.